The smallest absolute Gasteiger partial charge is 0.264 e. The molecule has 31 heavy (non-hydrogen) atoms. The monoisotopic (exact) mass is 479 g/mol. The lowest BCUT2D eigenvalue weighted by Crippen LogP contribution is -3.00. The Balaban J connectivity index is 0.00000272. The summed E-state index contributed by atoms with van der Waals surface area (Å²) >= 11 is 0. The predicted octanol–water partition coefficient (Wildman–Crippen LogP) is 0.215. The maximum absolute atomic E-state index is 12.3. The first kappa shape index (κ1) is 22.4. The number of halogens is 1. The minimum absolute atomic E-state index is 0. The third-order valence-corrected chi connectivity index (χ3v) is 4.98. The molecule has 1 aliphatic rings. The van der Waals surface area contributed by atoms with Gasteiger partial charge in [0.15, 0.2) is 19.1 Å². The van der Waals surface area contributed by atoms with Crippen molar-refractivity contribution in [1.29, 1.82) is 0 Å². The fourth-order valence-electron chi connectivity index (χ4n) is 3.36. The van der Waals surface area contributed by atoms with E-state index in [0.29, 0.717) is 11.1 Å². The predicted molar refractivity (Wildman–Crippen MR) is 112 cm³/mol. The zero-order valence-electron chi connectivity index (χ0n) is 16.9. The molecule has 2 aromatic carbocycles. The van der Waals surface area contributed by atoms with Gasteiger partial charge in [0.1, 0.15) is 6.54 Å². The van der Waals surface area contributed by atoms with E-state index in [1.165, 1.54) is 5.56 Å². The van der Waals surface area contributed by atoms with E-state index >= 15 is 0 Å². The van der Waals surface area contributed by atoms with Gasteiger partial charge in [0.05, 0.1) is 17.3 Å². The molecule has 0 spiro atoms. The SMILES string of the molecule is O=C1c2ccccc2C(=O)N1CO/N=C/c1cc[n+](CCCc2ccccc2)cc1.[Br-]. The summed E-state index contributed by atoms with van der Waals surface area (Å²) in [4.78, 5) is 30.7. The molecule has 0 saturated heterocycles. The Labute approximate surface area is 191 Å². The number of hydrogen-bond acceptors (Lipinski definition) is 4. The number of oxime groups is 1. The molecular formula is C24H22BrN3O3. The zero-order valence-corrected chi connectivity index (χ0v) is 18.4. The third-order valence-electron chi connectivity index (χ3n) is 4.98. The number of carbonyl (C=O) groups is 2. The summed E-state index contributed by atoms with van der Waals surface area (Å²) in [5, 5.41) is 3.89. The summed E-state index contributed by atoms with van der Waals surface area (Å²) < 4.78 is 2.12. The number of fused-ring (bicyclic) bond motifs is 1. The van der Waals surface area contributed by atoms with Crippen molar-refractivity contribution < 1.29 is 36.0 Å². The number of nitrogens with zero attached hydrogens (tertiary/aromatic N) is 3. The van der Waals surface area contributed by atoms with E-state index < -0.39 is 0 Å². The molecule has 0 aliphatic carbocycles. The first-order valence-electron chi connectivity index (χ1n) is 9.86. The van der Waals surface area contributed by atoms with Crippen molar-refractivity contribution in [3.8, 4) is 0 Å². The summed E-state index contributed by atoms with van der Waals surface area (Å²) in [6, 6.07) is 21.1. The average Bonchev–Trinajstić information content (AvgIpc) is 3.03. The molecule has 1 aromatic heterocycles. The molecular weight excluding hydrogens is 458 g/mol. The molecule has 0 fully saturated rings. The van der Waals surface area contributed by atoms with Crippen LogP contribution in [-0.4, -0.2) is 29.7 Å². The van der Waals surface area contributed by atoms with E-state index in [-0.39, 0.29) is 35.5 Å². The maximum Gasteiger partial charge on any atom is 0.264 e. The number of imide groups is 1. The molecule has 0 atom stereocenters. The molecule has 0 saturated carbocycles. The van der Waals surface area contributed by atoms with Gasteiger partial charge in [0, 0.05) is 24.1 Å². The minimum Gasteiger partial charge on any atom is -1.00 e. The lowest BCUT2D eigenvalue weighted by atomic mass is 10.1. The van der Waals surface area contributed by atoms with E-state index in [1.807, 2.05) is 30.6 Å². The van der Waals surface area contributed by atoms with Crippen molar-refractivity contribution in [3.05, 3.63) is 101 Å². The highest BCUT2D eigenvalue weighted by atomic mass is 79.9. The van der Waals surface area contributed by atoms with Crippen molar-refractivity contribution in [2.45, 2.75) is 19.4 Å². The highest BCUT2D eigenvalue weighted by Gasteiger charge is 2.35. The molecule has 4 rings (SSSR count). The molecule has 1 aliphatic heterocycles. The van der Waals surface area contributed by atoms with Gasteiger partial charge in [-0.05, 0) is 24.1 Å². The highest BCUT2D eigenvalue weighted by Crippen LogP contribution is 2.22. The van der Waals surface area contributed by atoms with Crippen LogP contribution in [0.25, 0.3) is 0 Å². The molecule has 2 amide bonds. The molecule has 158 valence electrons. The van der Waals surface area contributed by atoms with Crippen LogP contribution in [0.3, 0.4) is 0 Å². The van der Waals surface area contributed by atoms with Crippen LogP contribution in [0.15, 0.2) is 84.3 Å². The van der Waals surface area contributed by atoms with Gasteiger partial charge in [-0.15, -0.1) is 0 Å². The van der Waals surface area contributed by atoms with Crippen molar-refractivity contribution in [1.82, 2.24) is 4.90 Å². The summed E-state index contributed by atoms with van der Waals surface area (Å²) in [7, 11) is 0. The van der Waals surface area contributed by atoms with Gasteiger partial charge in [0.2, 0.25) is 0 Å². The van der Waals surface area contributed by atoms with E-state index in [9.17, 15) is 9.59 Å². The standard InChI is InChI=1S/C24H22N3O3.BrH/c28-23-21-10-4-5-11-22(21)24(29)27(23)18-30-25-17-20-12-15-26(16-13-20)14-6-9-19-7-2-1-3-8-19;/h1-5,7-8,10-13,15-17H,6,9,14,18H2;1H/q+1;/p-1/b25-17+;. The van der Waals surface area contributed by atoms with Gasteiger partial charge in [-0.1, -0.05) is 47.6 Å². The molecule has 2 heterocycles. The average molecular weight is 480 g/mol. The van der Waals surface area contributed by atoms with E-state index in [0.717, 1.165) is 29.8 Å². The fraction of sp³-hybridized carbons (Fsp3) is 0.167. The second kappa shape index (κ2) is 10.6. The first-order chi connectivity index (χ1) is 14.7. The van der Waals surface area contributed by atoms with Gasteiger partial charge in [-0.3, -0.25) is 9.59 Å². The summed E-state index contributed by atoms with van der Waals surface area (Å²) in [6.07, 6.45) is 7.66. The van der Waals surface area contributed by atoms with Crippen LogP contribution in [0, 0.1) is 0 Å². The van der Waals surface area contributed by atoms with Crippen LogP contribution in [0.4, 0.5) is 0 Å². The highest BCUT2D eigenvalue weighted by molar-refractivity contribution is 6.21. The van der Waals surface area contributed by atoms with Crippen LogP contribution in [0.5, 0.6) is 0 Å². The van der Waals surface area contributed by atoms with E-state index in [4.69, 9.17) is 4.84 Å². The molecule has 0 N–H and O–H groups in total. The lowest BCUT2D eigenvalue weighted by molar-refractivity contribution is -0.697. The van der Waals surface area contributed by atoms with Crippen molar-refractivity contribution >= 4 is 18.0 Å². The van der Waals surface area contributed by atoms with Gasteiger partial charge in [0.25, 0.3) is 11.8 Å². The number of aromatic nitrogens is 1. The van der Waals surface area contributed by atoms with Gasteiger partial charge in [-0.2, -0.15) is 0 Å². The van der Waals surface area contributed by atoms with E-state index in [2.05, 4.69) is 34.0 Å². The Morgan fingerprint density at radius 3 is 2.13 bits per heavy atom. The zero-order chi connectivity index (χ0) is 20.8. The number of carbonyl (C=O) groups excluding carboxylic acids is 2. The molecule has 6 nitrogen and oxygen atoms in total. The van der Waals surface area contributed by atoms with Crippen molar-refractivity contribution in [2.75, 3.05) is 6.73 Å². The minimum atomic E-state index is -0.359. The van der Waals surface area contributed by atoms with Crippen LogP contribution in [0.1, 0.15) is 38.3 Å². The Kier molecular flexibility index (Phi) is 7.67. The molecule has 0 unspecified atom stereocenters. The van der Waals surface area contributed by atoms with Crippen LogP contribution in [0.2, 0.25) is 0 Å². The number of amides is 2. The Hall–Kier alpha value is -3.32. The molecule has 0 radical (unpaired) electrons. The van der Waals surface area contributed by atoms with Crippen LogP contribution < -0.4 is 21.5 Å². The molecule has 7 heteroatoms. The van der Waals surface area contributed by atoms with Gasteiger partial charge in [-0.25, -0.2) is 9.47 Å². The number of pyridine rings is 1. The quantitative estimate of drug-likeness (QED) is 0.201. The number of benzene rings is 2. The van der Waals surface area contributed by atoms with Crippen molar-refractivity contribution in [2.24, 2.45) is 5.16 Å². The van der Waals surface area contributed by atoms with Crippen molar-refractivity contribution in [3.63, 3.8) is 0 Å². The Morgan fingerprint density at radius 1 is 0.871 bits per heavy atom. The number of rotatable bonds is 8. The third kappa shape index (κ3) is 5.44. The largest absolute Gasteiger partial charge is 1.00 e. The summed E-state index contributed by atoms with van der Waals surface area (Å²) in [5.74, 6) is -0.718. The normalized spacial score (nSPS) is 12.7. The molecule has 0 bridgehead atoms. The van der Waals surface area contributed by atoms with Crippen LogP contribution in [-0.2, 0) is 17.8 Å². The van der Waals surface area contributed by atoms with E-state index in [1.54, 1.807) is 30.5 Å². The molecule has 3 aromatic rings. The number of hydrogen-bond donors (Lipinski definition) is 0. The second-order valence-corrected chi connectivity index (χ2v) is 7.04. The fourth-order valence-corrected chi connectivity index (χ4v) is 3.36. The number of aryl methyl sites for hydroxylation is 2. The second-order valence-electron chi connectivity index (χ2n) is 7.04. The first-order valence-corrected chi connectivity index (χ1v) is 9.86. The van der Waals surface area contributed by atoms with Gasteiger partial charge >= 0.3 is 0 Å². The Morgan fingerprint density at radius 2 is 1.48 bits per heavy atom. The maximum atomic E-state index is 12.3. The Bertz CT molecular complexity index is 1030. The lowest BCUT2D eigenvalue weighted by Gasteiger charge is -2.11. The topological polar surface area (TPSA) is 62.9 Å². The van der Waals surface area contributed by atoms with Gasteiger partial charge < -0.3 is 21.8 Å². The summed E-state index contributed by atoms with van der Waals surface area (Å²) in [5.41, 5.74) is 3.01. The summed E-state index contributed by atoms with van der Waals surface area (Å²) in [6.45, 7) is 0.720. The van der Waals surface area contributed by atoms with Crippen LogP contribution >= 0.6 is 0 Å².